The Labute approximate surface area is 157 Å². The molecule has 0 aliphatic rings. The van der Waals surface area contributed by atoms with E-state index in [-0.39, 0.29) is 0 Å². The molecule has 0 unspecified atom stereocenters. The van der Waals surface area contributed by atoms with E-state index >= 15 is 0 Å². The summed E-state index contributed by atoms with van der Waals surface area (Å²) in [5.41, 5.74) is 3.58. The fourth-order valence-corrected chi connectivity index (χ4v) is 3.37. The number of aromatic nitrogens is 2. The van der Waals surface area contributed by atoms with Gasteiger partial charge < -0.3 is 9.30 Å². The molecule has 0 N–H and O–H groups in total. The molecule has 3 heteroatoms. The van der Waals surface area contributed by atoms with Gasteiger partial charge in [0.15, 0.2) is 0 Å². The van der Waals surface area contributed by atoms with Crippen LogP contribution in [-0.2, 0) is 13.0 Å². The molecule has 0 spiro atoms. The molecule has 0 saturated heterocycles. The maximum atomic E-state index is 5.93. The second kappa shape index (κ2) is 9.42. The fourth-order valence-electron chi connectivity index (χ4n) is 3.37. The Hall–Kier alpha value is -2.29. The van der Waals surface area contributed by atoms with Gasteiger partial charge in [-0.1, -0.05) is 50.1 Å². The van der Waals surface area contributed by atoms with Crippen molar-refractivity contribution in [2.45, 2.75) is 58.9 Å². The summed E-state index contributed by atoms with van der Waals surface area (Å²) in [5, 5.41) is 0. The van der Waals surface area contributed by atoms with Gasteiger partial charge in [0.2, 0.25) is 0 Å². The van der Waals surface area contributed by atoms with Gasteiger partial charge in [0.1, 0.15) is 11.6 Å². The first-order chi connectivity index (χ1) is 12.8. The molecule has 0 aliphatic carbocycles. The molecule has 3 aromatic rings. The Kier molecular flexibility index (Phi) is 6.70. The first-order valence-corrected chi connectivity index (χ1v) is 9.92. The molecule has 0 amide bonds. The average molecular weight is 351 g/mol. The van der Waals surface area contributed by atoms with Gasteiger partial charge in [-0.15, -0.1) is 0 Å². The number of para-hydroxylation sites is 3. The maximum Gasteiger partial charge on any atom is 0.122 e. The molecule has 1 aromatic heterocycles. The summed E-state index contributed by atoms with van der Waals surface area (Å²) in [7, 11) is 0. The summed E-state index contributed by atoms with van der Waals surface area (Å²) >= 11 is 0. The van der Waals surface area contributed by atoms with Crippen LogP contribution in [0.5, 0.6) is 5.75 Å². The van der Waals surface area contributed by atoms with Crippen molar-refractivity contribution < 1.29 is 4.74 Å². The first kappa shape index (κ1) is 18.5. The number of rotatable bonds is 10. The molecule has 0 saturated carbocycles. The van der Waals surface area contributed by atoms with Gasteiger partial charge in [-0.2, -0.15) is 0 Å². The normalized spacial score (nSPS) is 11.2. The van der Waals surface area contributed by atoms with E-state index in [1.54, 1.807) is 0 Å². The van der Waals surface area contributed by atoms with Gasteiger partial charge in [0.05, 0.1) is 17.6 Å². The minimum atomic E-state index is 0.767. The van der Waals surface area contributed by atoms with Crippen molar-refractivity contribution in [3.8, 4) is 5.75 Å². The molecule has 0 bridgehead atoms. The Morgan fingerprint density at radius 3 is 2.58 bits per heavy atom. The number of imidazole rings is 1. The molecule has 0 atom stereocenters. The van der Waals surface area contributed by atoms with Crippen molar-refractivity contribution in [1.29, 1.82) is 0 Å². The smallest absolute Gasteiger partial charge is 0.122 e. The van der Waals surface area contributed by atoms with Gasteiger partial charge in [-0.3, -0.25) is 0 Å². The van der Waals surface area contributed by atoms with Crippen LogP contribution < -0.4 is 4.74 Å². The Morgan fingerprint density at radius 1 is 0.923 bits per heavy atom. The Bertz CT molecular complexity index is 822. The number of hydrogen-bond donors (Lipinski definition) is 0. The SMILES string of the molecule is CCCCCc1nc2ccccc2n1CCCCOc1ccccc1C. The van der Waals surface area contributed by atoms with E-state index < -0.39 is 0 Å². The number of hydrogen-bond acceptors (Lipinski definition) is 2. The maximum absolute atomic E-state index is 5.93. The molecule has 3 nitrogen and oxygen atoms in total. The largest absolute Gasteiger partial charge is 0.493 e. The molecular weight excluding hydrogens is 320 g/mol. The molecule has 3 rings (SSSR count). The third-order valence-corrected chi connectivity index (χ3v) is 4.86. The van der Waals surface area contributed by atoms with Crippen molar-refractivity contribution >= 4 is 11.0 Å². The van der Waals surface area contributed by atoms with E-state index in [0.29, 0.717) is 0 Å². The van der Waals surface area contributed by atoms with Gasteiger partial charge in [0, 0.05) is 13.0 Å². The van der Waals surface area contributed by atoms with Crippen molar-refractivity contribution in [2.24, 2.45) is 0 Å². The average Bonchev–Trinajstić information content (AvgIpc) is 3.01. The van der Waals surface area contributed by atoms with E-state index in [1.165, 1.54) is 36.2 Å². The zero-order valence-corrected chi connectivity index (χ0v) is 16.1. The minimum Gasteiger partial charge on any atom is -0.493 e. The first-order valence-electron chi connectivity index (χ1n) is 9.92. The van der Waals surface area contributed by atoms with Crippen LogP contribution in [0.25, 0.3) is 11.0 Å². The van der Waals surface area contributed by atoms with Crippen LogP contribution >= 0.6 is 0 Å². The lowest BCUT2D eigenvalue weighted by Gasteiger charge is -2.11. The summed E-state index contributed by atoms with van der Waals surface area (Å²) in [6.45, 7) is 6.12. The number of nitrogens with zero attached hydrogens (tertiary/aromatic N) is 2. The zero-order valence-electron chi connectivity index (χ0n) is 16.1. The summed E-state index contributed by atoms with van der Waals surface area (Å²) in [6.07, 6.45) is 6.96. The van der Waals surface area contributed by atoms with Crippen LogP contribution in [0.15, 0.2) is 48.5 Å². The highest BCUT2D eigenvalue weighted by Crippen LogP contribution is 2.19. The monoisotopic (exact) mass is 350 g/mol. The van der Waals surface area contributed by atoms with Crippen LogP contribution in [0.4, 0.5) is 0 Å². The number of fused-ring (bicyclic) bond motifs is 1. The number of unbranched alkanes of at least 4 members (excludes halogenated alkanes) is 3. The van der Waals surface area contributed by atoms with E-state index in [9.17, 15) is 0 Å². The third kappa shape index (κ3) is 4.66. The minimum absolute atomic E-state index is 0.767. The third-order valence-electron chi connectivity index (χ3n) is 4.86. The van der Waals surface area contributed by atoms with E-state index in [1.807, 2.05) is 18.2 Å². The van der Waals surface area contributed by atoms with Gasteiger partial charge in [-0.25, -0.2) is 4.98 Å². The predicted molar refractivity (Wildman–Crippen MR) is 109 cm³/mol. The van der Waals surface area contributed by atoms with Crippen molar-refractivity contribution in [3.05, 3.63) is 59.9 Å². The van der Waals surface area contributed by atoms with Crippen molar-refractivity contribution in [2.75, 3.05) is 6.61 Å². The Balaban J connectivity index is 1.57. The molecule has 0 radical (unpaired) electrons. The molecule has 138 valence electrons. The van der Waals surface area contributed by atoms with Crippen LogP contribution in [0, 0.1) is 6.92 Å². The summed E-state index contributed by atoms with van der Waals surface area (Å²) < 4.78 is 8.34. The van der Waals surface area contributed by atoms with Crippen LogP contribution in [0.1, 0.15) is 50.4 Å². The van der Waals surface area contributed by atoms with Crippen LogP contribution in [0.3, 0.4) is 0 Å². The second-order valence-corrected chi connectivity index (χ2v) is 6.95. The summed E-state index contributed by atoms with van der Waals surface area (Å²) in [4.78, 5) is 4.87. The standard InChI is InChI=1S/C23H30N2O/c1-3-4-5-16-23-24-20-13-7-8-14-21(20)25(23)17-10-11-18-26-22-15-9-6-12-19(22)2/h6-9,12-15H,3-5,10-11,16-18H2,1-2H3. The second-order valence-electron chi connectivity index (χ2n) is 6.95. The van der Waals surface area contributed by atoms with Crippen molar-refractivity contribution in [1.82, 2.24) is 9.55 Å². The van der Waals surface area contributed by atoms with Crippen LogP contribution in [0.2, 0.25) is 0 Å². The Morgan fingerprint density at radius 2 is 1.73 bits per heavy atom. The van der Waals surface area contributed by atoms with Gasteiger partial charge in [0.25, 0.3) is 0 Å². The lowest BCUT2D eigenvalue weighted by Crippen LogP contribution is -2.06. The molecule has 0 fully saturated rings. The summed E-state index contributed by atoms with van der Waals surface area (Å²) in [5.74, 6) is 2.24. The highest BCUT2D eigenvalue weighted by atomic mass is 16.5. The predicted octanol–water partition coefficient (Wildman–Crippen LogP) is 5.94. The highest BCUT2D eigenvalue weighted by Gasteiger charge is 2.09. The number of ether oxygens (including phenoxy) is 1. The molecule has 0 aliphatic heterocycles. The number of benzene rings is 2. The zero-order chi connectivity index (χ0) is 18.2. The quantitative estimate of drug-likeness (QED) is 0.423. The molecule has 2 aromatic carbocycles. The van der Waals surface area contributed by atoms with E-state index in [4.69, 9.17) is 9.72 Å². The lowest BCUT2D eigenvalue weighted by molar-refractivity contribution is 0.301. The summed E-state index contributed by atoms with van der Waals surface area (Å²) in [6, 6.07) is 16.7. The van der Waals surface area contributed by atoms with Crippen molar-refractivity contribution in [3.63, 3.8) is 0 Å². The van der Waals surface area contributed by atoms with Gasteiger partial charge in [-0.05, 0) is 49.9 Å². The van der Waals surface area contributed by atoms with Gasteiger partial charge >= 0.3 is 0 Å². The lowest BCUT2D eigenvalue weighted by atomic mass is 10.2. The molecule has 1 heterocycles. The van der Waals surface area contributed by atoms with E-state index in [0.717, 1.165) is 43.7 Å². The number of aryl methyl sites for hydroxylation is 3. The fraction of sp³-hybridized carbons (Fsp3) is 0.435. The topological polar surface area (TPSA) is 27.1 Å². The highest BCUT2D eigenvalue weighted by molar-refractivity contribution is 5.75. The molecular formula is C23H30N2O. The van der Waals surface area contributed by atoms with E-state index in [2.05, 4.69) is 48.7 Å². The van der Waals surface area contributed by atoms with Crippen LogP contribution in [-0.4, -0.2) is 16.2 Å². The molecule has 26 heavy (non-hydrogen) atoms.